The molecule has 0 aliphatic heterocycles. The minimum absolute atomic E-state index is 0.0231. The molecule has 0 saturated carbocycles. The summed E-state index contributed by atoms with van der Waals surface area (Å²) < 4.78 is 10.3. The van der Waals surface area contributed by atoms with Crippen LogP contribution >= 0.6 is 0 Å². The molecule has 3 rings (SSSR count). The van der Waals surface area contributed by atoms with Crippen molar-refractivity contribution in [2.24, 2.45) is 0 Å². The molecule has 0 aliphatic rings. The van der Waals surface area contributed by atoms with Crippen LogP contribution in [0.25, 0.3) is 11.4 Å². The van der Waals surface area contributed by atoms with Crippen molar-refractivity contribution in [2.45, 2.75) is 19.4 Å². The van der Waals surface area contributed by atoms with Crippen LogP contribution in [-0.4, -0.2) is 46.8 Å². The fraction of sp³-hybridized carbons (Fsp3) is 0.286. The van der Waals surface area contributed by atoms with E-state index in [0.29, 0.717) is 17.1 Å². The second kappa shape index (κ2) is 8.67. The number of likely N-dealkylation sites (N-methyl/N-ethyl adjacent to an activating group) is 1. The van der Waals surface area contributed by atoms with E-state index in [4.69, 9.17) is 9.26 Å². The van der Waals surface area contributed by atoms with E-state index in [2.05, 4.69) is 10.1 Å². The van der Waals surface area contributed by atoms with Crippen molar-refractivity contribution in [3.05, 3.63) is 65.5 Å². The van der Waals surface area contributed by atoms with E-state index in [1.54, 1.807) is 38.4 Å². The number of rotatable bonds is 7. The second-order valence-corrected chi connectivity index (χ2v) is 6.57. The van der Waals surface area contributed by atoms with E-state index >= 15 is 0 Å². The molecule has 1 heterocycles. The predicted molar refractivity (Wildman–Crippen MR) is 104 cm³/mol. The zero-order valence-corrected chi connectivity index (χ0v) is 16.1. The molecule has 1 unspecified atom stereocenters. The first-order valence-corrected chi connectivity index (χ1v) is 8.92. The zero-order chi connectivity index (χ0) is 20.1. The van der Waals surface area contributed by atoms with Gasteiger partial charge in [0.15, 0.2) is 0 Å². The molecule has 1 atom stereocenters. The zero-order valence-electron chi connectivity index (χ0n) is 16.1. The Hall–Kier alpha value is -3.19. The smallest absolute Gasteiger partial charge is 0.236 e. The Morgan fingerprint density at radius 2 is 1.93 bits per heavy atom. The van der Waals surface area contributed by atoms with E-state index in [1.165, 1.54) is 4.90 Å². The molecule has 7 heteroatoms. The minimum Gasteiger partial charge on any atom is -0.497 e. The maximum Gasteiger partial charge on any atom is 0.236 e. The lowest BCUT2D eigenvalue weighted by molar-refractivity contribution is -0.130. The Labute approximate surface area is 163 Å². The Morgan fingerprint density at radius 1 is 1.21 bits per heavy atom. The highest BCUT2D eigenvalue weighted by atomic mass is 16.5. The molecule has 0 saturated heterocycles. The van der Waals surface area contributed by atoms with Crippen molar-refractivity contribution in [1.29, 1.82) is 0 Å². The second-order valence-electron chi connectivity index (χ2n) is 6.57. The van der Waals surface area contributed by atoms with Gasteiger partial charge in [-0.25, -0.2) is 0 Å². The lowest BCUT2D eigenvalue weighted by atomic mass is 10.1. The SMILES string of the molecule is COc1ccc(C(O)CN(C)C(=O)Cc2nc(-c3ccccc3C)no2)cc1. The third-order valence-electron chi connectivity index (χ3n) is 4.53. The Balaban J connectivity index is 1.60. The van der Waals surface area contributed by atoms with Crippen molar-refractivity contribution < 1.29 is 19.2 Å². The summed E-state index contributed by atoms with van der Waals surface area (Å²) in [5.74, 6) is 1.20. The third-order valence-corrected chi connectivity index (χ3v) is 4.53. The number of benzene rings is 2. The van der Waals surface area contributed by atoms with Crippen LogP contribution in [0.5, 0.6) is 5.75 Å². The van der Waals surface area contributed by atoms with Crippen molar-refractivity contribution in [2.75, 3.05) is 20.7 Å². The summed E-state index contributed by atoms with van der Waals surface area (Å²) in [5.41, 5.74) is 2.61. The first-order valence-electron chi connectivity index (χ1n) is 8.92. The number of aliphatic hydroxyl groups is 1. The Bertz CT molecular complexity index is 937. The maximum absolute atomic E-state index is 12.5. The summed E-state index contributed by atoms with van der Waals surface area (Å²) >= 11 is 0. The Morgan fingerprint density at radius 3 is 2.61 bits per heavy atom. The predicted octanol–water partition coefficient (Wildman–Crippen LogP) is 2.79. The number of hydrogen-bond acceptors (Lipinski definition) is 6. The molecule has 0 radical (unpaired) electrons. The van der Waals surface area contributed by atoms with Gasteiger partial charge in [-0.2, -0.15) is 4.98 Å². The average molecular weight is 381 g/mol. The molecule has 146 valence electrons. The molecule has 2 aromatic carbocycles. The molecule has 28 heavy (non-hydrogen) atoms. The van der Waals surface area contributed by atoms with Crippen molar-refractivity contribution >= 4 is 5.91 Å². The first kappa shape index (κ1) is 19.6. The van der Waals surface area contributed by atoms with Gasteiger partial charge >= 0.3 is 0 Å². The van der Waals surface area contributed by atoms with Crippen molar-refractivity contribution in [3.8, 4) is 17.1 Å². The number of aryl methyl sites for hydroxylation is 1. The third kappa shape index (κ3) is 4.55. The highest BCUT2D eigenvalue weighted by molar-refractivity contribution is 5.77. The number of hydrogen-bond donors (Lipinski definition) is 1. The van der Waals surface area contributed by atoms with Crippen LogP contribution in [0.4, 0.5) is 0 Å². The summed E-state index contributed by atoms with van der Waals surface area (Å²) in [6.07, 6.45) is -0.824. The standard InChI is InChI=1S/C21H23N3O4/c1-14-6-4-5-7-17(14)21-22-19(28-23-21)12-20(26)24(2)13-18(25)15-8-10-16(27-3)11-9-15/h4-11,18,25H,12-13H2,1-3H3. The van der Waals surface area contributed by atoms with Crippen LogP contribution in [-0.2, 0) is 11.2 Å². The Kier molecular flexibility index (Phi) is 6.06. The van der Waals surface area contributed by atoms with Gasteiger partial charge in [-0.1, -0.05) is 41.6 Å². The largest absolute Gasteiger partial charge is 0.497 e. The summed E-state index contributed by atoms with van der Waals surface area (Å²) in [7, 11) is 3.22. The summed E-state index contributed by atoms with van der Waals surface area (Å²) in [5, 5.41) is 14.3. The fourth-order valence-corrected chi connectivity index (χ4v) is 2.82. The fourth-order valence-electron chi connectivity index (χ4n) is 2.82. The van der Waals surface area contributed by atoms with Gasteiger partial charge in [0.1, 0.15) is 12.2 Å². The number of carbonyl (C=O) groups excluding carboxylic acids is 1. The molecular formula is C21H23N3O4. The molecule has 1 aromatic heterocycles. The van der Waals surface area contributed by atoms with Gasteiger partial charge in [-0.05, 0) is 30.2 Å². The molecular weight excluding hydrogens is 358 g/mol. The number of aliphatic hydroxyl groups excluding tert-OH is 1. The highest BCUT2D eigenvalue weighted by Crippen LogP contribution is 2.21. The van der Waals surface area contributed by atoms with Gasteiger partial charge in [0.2, 0.25) is 17.6 Å². The number of carbonyl (C=O) groups is 1. The molecule has 1 N–H and O–H groups in total. The van der Waals surface area contributed by atoms with Crippen LogP contribution in [0.3, 0.4) is 0 Å². The highest BCUT2D eigenvalue weighted by Gasteiger charge is 2.19. The van der Waals surface area contributed by atoms with Crippen molar-refractivity contribution in [3.63, 3.8) is 0 Å². The molecule has 3 aromatic rings. The number of amides is 1. The topological polar surface area (TPSA) is 88.7 Å². The summed E-state index contributed by atoms with van der Waals surface area (Å²) in [6.45, 7) is 2.12. The first-order chi connectivity index (χ1) is 13.5. The number of ether oxygens (including phenoxy) is 1. The van der Waals surface area contributed by atoms with E-state index in [1.807, 2.05) is 31.2 Å². The van der Waals surface area contributed by atoms with Crippen LogP contribution in [0.15, 0.2) is 53.1 Å². The molecule has 0 fully saturated rings. The van der Waals surface area contributed by atoms with Crippen molar-refractivity contribution in [1.82, 2.24) is 15.0 Å². The quantitative estimate of drug-likeness (QED) is 0.677. The van der Waals surface area contributed by atoms with Crippen LogP contribution in [0.1, 0.15) is 23.1 Å². The lowest BCUT2D eigenvalue weighted by Crippen LogP contribution is -2.32. The molecule has 0 spiro atoms. The van der Waals surface area contributed by atoms with Gasteiger partial charge in [0.25, 0.3) is 0 Å². The number of aromatic nitrogens is 2. The number of nitrogens with zero attached hydrogens (tertiary/aromatic N) is 3. The van der Waals surface area contributed by atoms with E-state index < -0.39 is 6.10 Å². The number of methoxy groups -OCH3 is 1. The molecule has 0 bridgehead atoms. The van der Waals surface area contributed by atoms with Gasteiger partial charge in [-0.3, -0.25) is 4.79 Å². The monoisotopic (exact) mass is 381 g/mol. The molecule has 1 amide bonds. The summed E-state index contributed by atoms with van der Waals surface area (Å²) in [4.78, 5) is 18.2. The van der Waals surface area contributed by atoms with Crippen LogP contribution in [0.2, 0.25) is 0 Å². The van der Waals surface area contributed by atoms with Gasteiger partial charge < -0.3 is 19.3 Å². The normalized spacial score (nSPS) is 11.9. The maximum atomic E-state index is 12.5. The minimum atomic E-state index is -0.801. The molecule has 7 nitrogen and oxygen atoms in total. The van der Waals surface area contributed by atoms with Gasteiger partial charge in [0, 0.05) is 12.6 Å². The van der Waals surface area contributed by atoms with Crippen LogP contribution in [0, 0.1) is 6.92 Å². The summed E-state index contributed by atoms with van der Waals surface area (Å²) in [6, 6.07) is 14.8. The van der Waals surface area contributed by atoms with E-state index in [0.717, 1.165) is 11.1 Å². The van der Waals surface area contributed by atoms with E-state index in [9.17, 15) is 9.90 Å². The average Bonchev–Trinajstić information content (AvgIpc) is 3.16. The van der Waals surface area contributed by atoms with E-state index in [-0.39, 0.29) is 24.8 Å². The molecule has 0 aliphatic carbocycles. The lowest BCUT2D eigenvalue weighted by Gasteiger charge is -2.20. The van der Waals surface area contributed by atoms with Gasteiger partial charge in [0.05, 0.1) is 19.8 Å². The van der Waals surface area contributed by atoms with Gasteiger partial charge in [-0.15, -0.1) is 0 Å². The van der Waals surface area contributed by atoms with Crippen LogP contribution < -0.4 is 4.74 Å².